The molecule has 0 saturated carbocycles. The van der Waals surface area contributed by atoms with Crippen molar-refractivity contribution in [3.63, 3.8) is 0 Å². The van der Waals surface area contributed by atoms with E-state index in [1.807, 2.05) is 50.4 Å². The summed E-state index contributed by atoms with van der Waals surface area (Å²) >= 11 is 0. The average molecular weight is 327 g/mol. The third-order valence-corrected chi connectivity index (χ3v) is 4.71. The molecule has 1 fully saturated rings. The third kappa shape index (κ3) is 2.79. The molecular weight excluding hydrogens is 306 g/mol. The average Bonchev–Trinajstić information content (AvgIpc) is 3.19. The maximum atomic E-state index is 12.4. The second-order valence-corrected chi connectivity index (χ2v) is 6.21. The number of benzene rings is 1. The van der Waals surface area contributed by atoms with Crippen LogP contribution in [0.5, 0.6) is 0 Å². The van der Waals surface area contributed by atoms with Crippen LogP contribution in [0.25, 0.3) is 5.69 Å². The number of carboxylic acids is 1. The summed E-state index contributed by atoms with van der Waals surface area (Å²) in [5.74, 6) is -1.78. The lowest BCUT2D eigenvalue weighted by molar-refractivity contribution is -0.142. The molecule has 1 aliphatic rings. The number of carboxylic acid groups (broad SMARTS) is 1. The molecule has 1 aromatic heterocycles. The normalized spacial score (nSPS) is 21.9. The molecule has 1 saturated heterocycles. The molecule has 1 aromatic carbocycles. The molecule has 0 aliphatic carbocycles. The van der Waals surface area contributed by atoms with Gasteiger partial charge in [-0.1, -0.05) is 25.1 Å². The van der Waals surface area contributed by atoms with Gasteiger partial charge in [0.15, 0.2) is 0 Å². The maximum absolute atomic E-state index is 12.4. The van der Waals surface area contributed by atoms with E-state index < -0.39 is 17.9 Å². The fraction of sp³-hybridized carbons (Fsp3) is 0.389. The first-order valence-electron chi connectivity index (χ1n) is 8.17. The Morgan fingerprint density at radius 2 is 2.08 bits per heavy atom. The lowest BCUT2D eigenvalue weighted by atomic mass is 9.95. The van der Waals surface area contributed by atoms with E-state index in [1.165, 1.54) is 0 Å². The first-order chi connectivity index (χ1) is 11.5. The Morgan fingerprint density at radius 3 is 2.71 bits per heavy atom. The lowest BCUT2D eigenvalue weighted by Crippen LogP contribution is -2.37. The summed E-state index contributed by atoms with van der Waals surface area (Å²) in [7, 11) is 0. The SMILES string of the molecule is CCC(C)N1C(=O)CC(C(=O)O)C1c1cnn(-c2ccccc2)c1. The van der Waals surface area contributed by atoms with Crippen LogP contribution in [0.1, 0.15) is 38.3 Å². The number of hydrogen-bond acceptors (Lipinski definition) is 3. The molecule has 6 nitrogen and oxygen atoms in total. The Balaban J connectivity index is 1.99. The van der Waals surface area contributed by atoms with Gasteiger partial charge in [-0.05, 0) is 25.5 Å². The van der Waals surface area contributed by atoms with Crippen LogP contribution in [0.15, 0.2) is 42.7 Å². The van der Waals surface area contributed by atoms with E-state index in [9.17, 15) is 14.7 Å². The van der Waals surface area contributed by atoms with Crippen LogP contribution < -0.4 is 0 Å². The molecule has 3 rings (SSSR count). The Hall–Kier alpha value is -2.63. The zero-order valence-corrected chi connectivity index (χ0v) is 13.8. The van der Waals surface area contributed by atoms with Crippen molar-refractivity contribution in [2.24, 2.45) is 5.92 Å². The van der Waals surface area contributed by atoms with E-state index >= 15 is 0 Å². The van der Waals surface area contributed by atoms with Gasteiger partial charge in [0, 0.05) is 24.2 Å². The molecule has 2 heterocycles. The number of aromatic nitrogens is 2. The number of likely N-dealkylation sites (tertiary alicyclic amines) is 1. The smallest absolute Gasteiger partial charge is 0.309 e. The van der Waals surface area contributed by atoms with Gasteiger partial charge in [0.2, 0.25) is 5.91 Å². The number of rotatable bonds is 5. The summed E-state index contributed by atoms with van der Waals surface area (Å²) in [6.45, 7) is 3.95. The van der Waals surface area contributed by atoms with Crippen LogP contribution in [0.3, 0.4) is 0 Å². The molecular formula is C18H21N3O3. The Kier molecular flexibility index (Phi) is 4.38. The van der Waals surface area contributed by atoms with Crippen LogP contribution in [0.2, 0.25) is 0 Å². The first-order valence-corrected chi connectivity index (χ1v) is 8.17. The minimum Gasteiger partial charge on any atom is -0.481 e. The fourth-order valence-corrected chi connectivity index (χ4v) is 3.30. The summed E-state index contributed by atoms with van der Waals surface area (Å²) in [6.07, 6.45) is 4.31. The van der Waals surface area contributed by atoms with E-state index in [4.69, 9.17) is 0 Å². The van der Waals surface area contributed by atoms with Crippen LogP contribution >= 0.6 is 0 Å². The van der Waals surface area contributed by atoms with Gasteiger partial charge in [0.1, 0.15) is 0 Å². The van der Waals surface area contributed by atoms with E-state index in [0.717, 1.165) is 17.7 Å². The maximum Gasteiger partial charge on any atom is 0.309 e. The summed E-state index contributed by atoms with van der Waals surface area (Å²) in [4.78, 5) is 25.8. The predicted molar refractivity (Wildman–Crippen MR) is 88.6 cm³/mol. The predicted octanol–water partition coefficient (Wildman–Crippen LogP) is 2.65. The minimum absolute atomic E-state index is 0.00748. The lowest BCUT2D eigenvalue weighted by Gasteiger charge is -2.31. The molecule has 0 radical (unpaired) electrons. The number of para-hydroxylation sites is 1. The van der Waals surface area contributed by atoms with Crippen molar-refractivity contribution >= 4 is 11.9 Å². The zero-order chi connectivity index (χ0) is 17.3. The summed E-state index contributed by atoms with van der Waals surface area (Å²) in [5.41, 5.74) is 1.66. The van der Waals surface area contributed by atoms with Crippen molar-refractivity contribution in [3.05, 3.63) is 48.3 Å². The molecule has 1 aliphatic heterocycles. The van der Waals surface area contributed by atoms with Gasteiger partial charge in [-0.3, -0.25) is 9.59 Å². The number of aliphatic carboxylic acids is 1. The van der Waals surface area contributed by atoms with E-state index in [0.29, 0.717) is 0 Å². The highest BCUT2D eigenvalue weighted by molar-refractivity contribution is 5.87. The number of carbonyl (C=O) groups is 2. The summed E-state index contributed by atoms with van der Waals surface area (Å²) in [5, 5.41) is 13.9. The second kappa shape index (κ2) is 6.47. The molecule has 24 heavy (non-hydrogen) atoms. The standard InChI is InChI=1S/C18H21N3O3/c1-3-12(2)21-16(22)9-15(18(23)24)17(21)13-10-19-20(11-13)14-7-5-4-6-8-14/h4-8,10-12,15,17H,3,9H2,1-2H3,(H,23,24). The zero-order valence-electron chi connectivity index (χ0n) is 13.8. The van der Waals surface area contributed by atoms with Gasteiger partial charge in [0.25, 0.3) is 0 Å². The van der Waals surface area contributed by atoms with Crippen LogP contribution in [0.4, 0.5) is 0 Å². The third-order valence-electron chi connectivity index (χ3n) is 4.71. The minimum atomic E-state index is -0.938. The number of carbonyl (C=O) groups excluding carboxylic acids is 1. The molecule has 6 heteroatoms. The van der Waals surface area contributed by atoms with Gasteiger partial charge in [-0.15, -0.1) is 0 Å². The highest BCUT2D eigenvalue weighted by atomic mass is 16.4. The van der Waals surface area contributed by atoms with Crippen molar-refractivity contribution in [3.8, 4) is 5.69 Å². The van der Waals surface area contributed by atoms with Gasteiger partial charge in [-0.2, -0.15) is 5.10 Å². The number of nitrogens with zero attached hydrogens (tertiary/aromatic N) is 3. The summed E-state index contributed by atoms with van der Waals surface area (Å²) < 4.78 is 1.71. The Labute approximate surface area is 140 Å². The monoisotopic (exact) mass is 327 g/mol. The second-order valence-electron chi connectivity index (χ2n) is 6.21. The number of amides is 1. The quantitative estimate of drug-likeness (QED) is 0.916. The Morgan fingerprint density at radius 1 is 1.38 bits per heavy atom. The summed E-state index contributed by atoms with van der Waals surface area (Å²) in [6, 6.07) is 9.14. The van der Waals surface area contributed by atoms with Crippen molar-refractivity contribution in [2.45, 2.75) is 38.8 Å². The number of hydrogen-bond donors (Lipinski definition) is 1. The molecule has 1 amide bonds. The molecule has 0 bridgehead atoms. The topological polar surface area (TPSA) is 75.4 Å². The molecule has 3 atom stereocenters. The van der Waals surface area contributed by atoms with E-state index in [-0.39, 0.29) is 18.4 Å². The van der Waals surface area contributed by atoms with Crippen molar-refractivity contribution in [1.29, 1.82) is 0 Å². The molecule has 2 aromatic rings. The fourth-order valence-electron chi connectivity index (χ4n) is 3.30. The van der Waals surface area contributed by atoms with Crippen molar-refractivity contribution in [2.75, 3.05) is 0 Å². The van der Waals surface area contributed by atoms with Crippen molar-refractivity contribution in [1.82, 2.24) is 14.7 Å². The van der Waals surface area contributed by atoms with Gasteiger partial charge in [0.05, 0.1) is 23.8 Å². The van der Waals surface area contributed by atoms with Crippen LogP contribution in [-0.4, -0.2) is 37.7 Å². The first kappa shape index (κ1) is 16.2. The highest BCUT2D eigenvalue weighted by Gasteiger charge is 2.46. The molecule has 0 spiro atoms. The van der Waals surface area contributed by atoms with Gasteiger partial charge in [-0.25, -0.2) is 4.68 Å². The molecule has 3 unspecified atom stereocenters. The van der Waals surface area contributed by atoms with Gasteiger partial charge < -0.3 is 10.0 Å². The van der Waals surface area contributed by atoms with E-state index in [2.05, 4.69) is 5.10 Å². The van der Waals surface area contributed by atoms with Crippen LogP contribution in [0, 0.1) is 5.92 Å². The largest absolute Gasteiger partial charge is 0.481 e. The van der Waals surface area contributed by atoms with Crippen LogP contribution in [-0.2, 0) is 9.59 Å². The van der Waals surface area contributed by atoms with Gasteiger partial charge >= 0.3 is 5.97 Å². The Bertz CT molecular complexity index is 741. The molecule has 126 valence electrons. The van der Waals surface area contributed by atoms with E-state index in [1.54, 1.807) is 15.8 Å². The molecule has 1 N–H and O–H groups in total. The highest BCUT2D eigenvalue weighted by Crippen LogP contribution is 2.40. The van der Waals surface area contributed by atoms with Crippen molar-refractivity contribution < 1.29 is 14.7 Å².